The number of hydrogen-bond donors (Lipinski definition) is 1. The highest BCUT2D eigenvalue weighted by molar-refractivity contribution is 5.71. The van der Waals surface area contributed by atoms with Crippen molar-refractivity contribution in [3.8, 4) is 0 Å². The lowest BCUT2D eigenvalue weighted by atomic mass is 9.99. The van der Waals surface area contributed by atoms with Gasteiger partial charge in [-0.15, -0.1) is 0 Å². The summed E-state index contributed by atoms with van der Waals surface area (Å²) in [6.45, 7) is 8.89. The molecular formula is C10H21NO2. The van der Waals surface area contributed by atoms with Crippen molar-refractivity contribution >= 4 is 5.97 Å². The number of rotatable bonds is 6. The van der Waals surface area contributed by atoms with Crippen molar-refractivity contribution in [1.82, 2.24) is 5.32 Å². The van der Waals surface area contributed by atoms with Gasteiger partial charge in [0.05, 0.1) is 13.2 Å². The van der Waals surface area contributed by atoms with E-state index < -0.39 is 0 Å². The Morgan fingerprint density at radius 1 is 1.38 bits per heavy atom. The van der Waals surface area contributed by atoms with E-state index in [4.69, 9.17) is 4.74 Å². The van der Waals surface area contributed by atoms with Crippen LogP contribution in [0.15, 0.2) is 0 Å². The van der Waals surface area contributed by atoms with E-state index in [1.54, 1.807) is 0 Å². The lowest BCUT2D eigenvalue weighted by Gasteiger charge is -2.25. The molecule has 0 heterocycles. The van der Waals surface area contributed by atoms with Crippen LogP contribution in [0.4, 0.5) is 0 Å². The highest BCUT2D eigenvalue weighted by Crippen LogP contribution is 2.09. The number of hydrogen-bond acceptors (Lipinski definition) is 3. The zero-order chi connectivity index (χ0) is 10.3. The summed E-state index contributed by atoms with van der Waals surface area (Å²) < 4.78 is 4.81. The Hall–Kier alpha value is -0.570. The van der Waals surface area contributed by atoms with Crippen LogP contribution < -0.4 is 5.32 Å². The van der Waals surface area contributed by atoms with Crippen LogP contribution in [0, 0.1) is 0 Å². The van der Waals surface area contributed by atoms with Crippen molar-refractivity contribution in [3.05, 3.63) is 0 Å². The summed E-state index contributed by atoms with van der Waals surface area (Å²) in [4.78, 5) is 11.0. The Kier molecular flexibility index (Phi) is 5.71. The molecule has 0 aliphatic heterocycles. The molecule has 0 aliphatic carbocycles. The molecule has 1 N–H and O–H groups in total. The Bertz CT molecular complexity index is 155. The predicted molar refractivity (Wildman–Crippen MR) is 53.6 cm³/mol. The van der Waals surface area contributed by atoms with E-state index in [1.165, 1.54) is 0 Å². The summed E-state index contributed by atoms with van der Waals surface area (Å²) in [6, 6.07) is 0. The van der Waals surface area contributed by atoms with Crippen LogP contribution in [-0.2, 0) is 9.53 Å². The Morgan fingerprint density at radius 3 is 2.46 bits per heavy atom. The van der Waals surface area contributed by atoms with Crippen LogP contribution in [-0.4, -0.2) is 24.7 Å². The minimum Gasteiger partial charge on any atom is -0.465 e. The molecule has 0 saturated carbocycles. The van der Waals surface area contributed by atoms with Gasteiger partial charge in [-0.25, -0.2) is 0 Å². The van der Waals surface area contributed by atoms with E-state index in [0.29, 0.717) is 13.2 Å². The van der Waals surface area contributed by atoms with E-state index in [2.05, 4.69) is 26.1 Å². The maximum Gasteiger partial charge on any atom is 0.319 e. The second-order valence-corrected chi connectivity index (χ2v) is 3.79. The largest absolute Gasteiger partial charge is 0.465 e. The lowest BCUT2D eigenvalue weighted by molar-refractivity contribution is -0.142. The first-order chi connectivity index (χ1) is 6.02. The average Bonchev–Trinajstić information content (AvgIpc) is 2.02. The molecule has 0 spiro atoms. The van der Waals surface area contributed by atoms with Crippen LogP contribution in [0.1, 0.15) is 40.5 Å². The standard InChI is InChI=1S/C10H21NO2/c1-5-7-10(3,4)11-8-9(12)13-6-2/h11H,5-8H2,1-4H3. The summed E-state index contributed by atoms with van der Waals surface area (Å²) in [5.41, 5.74) is 0.0293. The van der Waals surface area contributed by atoms with Gasteiger partial charge in [0.1, 0.15) is 0 Å². The third-order valence-corrected chi connectivity index (χ3v) is 1.89. The smallest absolute Gasteiger partial charge is 0.319 e. The number of nitrogens with one attached hydrogen (secondary N) is 1. The second-order valence-electron chi connectivity index (χ2n) is 3.79. The summed E-state index contributed by atoms with van der Waals surface area (Å²) in [6.07, 6.45) is 2.18. The normalized spacial score (nSPS) is 11.4. The van der Waals surface area contributed by atoms with Gasteiger partial charge in [0, 0.05) is 5.54 Å². The van der Waals surface area contributed by atoms with Crippen molar-refractivity contribution < 1.29 is 9.53 Å². The van der Waals surface area contributed by atoms with Gasteiger partial charge in [0.2, 0.25) is 0 Å². The van der Waals surface area contributed by atoms with Crippen molar-refractivity contribution in [3.63, 3.8) is 0 Å². The zero-order valence-corrected chi connectivity index (χ0v) is 9.14. The van der Waals surface area contributed by atoms with Crippen LogP contribution in [0.2, 0.25) is 0 Å². The molecular weight excluding hydrogens is 166 g/mol. The van der Waals surface area contributed by atoms with Crippen molar-refractivity contribution in [2.75, 3.05) is 13.2 Å². The van der Waals surface area contributed by atoms with Crippen molar-refractivity contribution in [2.45, 2.75) is 46.1 Å². The van der Waals surface area contributed by atoms with Gasteiger partial charge in [0.15, 0.2) is 0 Å². The van der Waals surface area contributed by atoms with Gasteiger partial charge < -0.3 is 10.1 Å². The molecule has 0 atom stereocenters. The van der Waals surface area contributed by atoms with Crippen LogP contribution in [0.25, 0.3) is 0 Å². The van der Waals surface area contributed by atoms with Crippen LogP contribution >= 0.6 is 0 Å². The predicted octanol–water partition coefficient (Wildman–Crippen LogP) is 1.72. The number of ether oxygens (including phenoxy) is 1. The van der Waals surface area contributed by atoms with E-state index in [9.17, 15) is 4.79 Å². The molecule has 0 aromatic heterocycles. The van der Waals surface area contributed by atoms with Crippen LogP contribution in [0.5, 0.6) is 0 Å². The molecule has 0 rings (SSSR count). The summed E-state index contributed by atoms with van der Waals surface area (Å²) in [5.74, 6) is -0.174. The first-order valence-electron chi connectivity index (χ1n) is 4.92. The molecule has 0 aliphatic rings. The Labute approximate surface area is 80.8 Å². The fourth-order valence-electron chi connectivity index (χ4n) is 1.24. The van der Waals surface area contributed by atoms with Gasteiger partial charge in [-0.1, -0.05) is 13.3 Å². The van der Waals surface area contributed by atoms with E-state index in [0.717, 1.165) is 12.8 Å². The van der Waals surface area contributed by atoms with Gasteiger partial charge in [-0.3, -0.25) is 4.79 Å². The monoisotopic (exact) mass is 187 g/mol. The number of carbonyl (C=O) groups is 1. The highest BCUT2D eigenvalue weighted by Gasteiger charge is 2.16. The van der Waals surface area contributed by atoms with E-state index in [1.807, 2.05) is 6.92 Å². The maximum absolute atomic E-state index is 11.0. The number of esters is 1. The lowest BCUT2D eigenvalue weighted by Crippen LogP contribution is -2.42. The molecule has 0 fully saturated rings. The van der Waals surface area contributed by atoms with Gasteiger partial charge in [-0.2, -0.15) is 0 Å². The zero-order valence-electron chi connectivity index (χ0n) is 9.14. The molecule has 0 radical (unpaired) electrons. The average molecular weight is 187 g/mol. The highest BCUT2D eigenvalue weighted by atomic mass is 16.5. The molecule has 13 heavy (non-hydrogen) atoms. The summed E-state index contributed by atoms with van der Waals surface area (Å²) >= 11 is 0. The van der Waals surface area contributed by atoms with E-state index in [-0.39, 0.29) is 11.5 Å². The molecule has 0 aromatic carbocycles. The summed E-state index contributed by atoms with van der Waals surface area (Å²) in [7, 11) is 0. The van der Waals surface area contributed by atoms with Crippen LogP contribution in [0.3, 0.4) is 0 Å². The molecule has 0 amide bonds. The quantitative estimate of drug-likeness (QED) is 0.643. The third-order valence-electron chi connectivity index (χ3n) is 1.89. The molecule has 0 unspecified atom stereocenters. The van der Waals surface area contributed by atoms with E-state index >= 15 is 0 Å². The molecule has 3 nitrogen and oxygen atoms in total. The Morgan fingerprint density at radius 2 is 2.00 bits per heavy atom. The minimum atomic E-state index is -0.174. The molecule has 78 valence electrons. The number of carbonyl (C=O) groups excluding carboxylic acids is 1. The topological polar surface area (TPSA) is 38.3 Å². The van der Waals surface area contributed by atoms with Gasteiger partial charge in [-0.05, 0) is 27.2 Å². The summed E-state index contributed by atoms with van der Waals surface area (Å²) in [5, 5.41) is 3.17. The fraction of sp³-hybridized carbons (Fsp3) is 0.900. The molecule has 3 heteroatoms. The molecule has 0 saturated heterocycles. The van der Waals surface area contributed by atoms with Crippen molar-refractivity contribution in [1.29, 1.82) is 0 Å². The van der Waals surface area contributed by atoms with Crippen molar-refractivity contribution in [2.24, 2.45) is 0 Å². The first-order valence-corrected chi connectivity index (χ1v) is 4.92. The minimum absolute atomic E-state index is 0.0293. The molecule has 0 bridgehead atoms. The SMILES string of the molecule is CCCC(C)(C)NCC(=O)OCC. The van der Waals surface area contributed by atoms with Gasteiger partial charge in [0.25, 0.3) is 0 Å². The second kappa shape index (κ2) is 5.97. The maximum atomic E-state index is 11.0. The molecule has 0 aromatic rings. The van der Waals surface area contributed by atoms with Gasteiger partial charge >= 0.3 is 5.97 Å². The first kappa shape index (κ1) is 12.4. The fourth-order valence-corrected chi connectivity index (χ4v) is 1.24. The third kappa shape index (κ3) is 6.58. The Balaban J connectivity index is 3.67.